The highest BCUT2D eigenvalue weighted by Crippen LogP contribution is 2.30. The molecule has 0 spiro atoms. The molecule has 2 aliphatic heterocycles. The number of rotatable bonds is 3. The van der Waals surface area contributed by atoms with Gasteiger partial charge in [-0.25, -0.2) is 4.39 Å². The standard InChI is InChI=1S/C20H20FN3O3S/c21-16-9-3-1-7-14(16)13-22-20(25)17-10-5-6-12-24(17)19-15-8-2-4-11-18(15)28(26,27)23-19/h1-4,7-9,11,17H,5-6,10,12-13H2,(H,22,25)/t17-/m1/s1. The molecule has 2 heterocycles. The molecule has 2 aliphatic rings. The molecule has 0 aromatic heterocycles. The molecule has 28 heavy (non-hydrogen) atoms. The van der Waals surface area contributed by atoms with Gasteiger partial charge in [0.25, 0.3) is 10.0 Å². The number of hydrogen-bond acceptors (Lipinski definition) is 4. The van der Waals surface area contributed by atoms with Gasteiger partial charge in [-0.2, -0.15) is 8.42 Å². The smallest absolute Gasteiger partial charge is 0.285 e. The van der Waals surface area contributed by atoms with Crippen LogP contribution in [0.2, 0.25) is 0 Å². The second-order valence-electron chi connectivity index (χ2n) is 6.90. The maximum atomic E-state index is 13.8. The van der Waals surface area contributed by atoms with E-state index in [1.54, 1.807) is 41.3 Å². The van der Waals surface area contributed by atoms with Crippen molar-refractivity contribution in [3.05, 3.63) is 65.5 Å². The molecule has 0 saturated carbocycles. The molecule has 4 rings (SSSR count). The fourth-order valence-electron chi connectivity index (χ4n) is 3.70. The second kappa shape index (κ2) is 7.35. The van der Waals surface area contributed by atoms with E-state index in [0.717, 1.165) is 12.8 Å². The lowest BCUT2D eigenvalue weighted by atomic mass is 9.99. The van der Waals surface area contributed by atoms with Crippen LogP contribution in [0, 0.1) is 5.82 Å². The number of nitrogens with zero attached hydrogens (tertiary/aromatic N) is 2. The third-order valence-electron chi connectivity index (χ3n) is 5.10. The summed E-state index contributed by atoms with van der Waals surface area (Å²) < 4.78 is 42.5. The summed E-state index contributed by atoms with van der Waals surface area (Å²) in [6, 6.07) is 12.4. The number of nitrogens with one attached hydrogen (secondary N) is 1. The van der Waals surface area contributed by atoms with Gasteiger partial charge in [0.1, 0.15) is 16.8 Å². The molecule has 8 heteroatoms. The molecule has 2 aromatic rings. The number of halogens is 1. The Morgan fingerprint density at radius 1 is 1.14 bits per heavy atom. The Kier molecular flexibility index (Phi) is 4.89. The third kappa shape index (κ3) is 3.40. The molecule has 2 aromatic carbocycles. The molecule has 1 saturated heterocycles. The first kappa shape index (κ1) is 18.6. The van der Waals surface area contributed by atoms with E-state index < -0.39 is 16.1 Å². The van der Waals surface area contributed by atoms with Gasteiger partial charge in [0, 0.05) is 24.2 Å². The Balaban J connectivity index is 1.57. The SMILES string of the molecule is O=C(NCc1ccccc1F)[C@H]1CCCCN1C1=NS(=O)(=O)c2ccccc21. The summed E-state index contributed by atoms with van der Waals surface area (Å²) in [7, 11) is -3.75. The van der Waals surface area contributed by atoms with E-state index in [1.807, 2.05) is 0 Å². The number of amides is 1. The van der Waals surface area contributed by atoms with E-state index in [-0.39, 0.29) is 23.2 Å². The van der Waals surface area contributed by atoms with Crippen LogP contribution in [0.3, 0.4) is 0 Å². The second-order valence-corrected chi connectivity index (χ2v) is 8.47. The number of likely N-dealkylation sites (tertiary alicyclic amines) is 1. The fourth-order valence-corrected chi connectivity index (χ4v) is 4.91. The van der Waals surface area contributed by atoms with Gasteiger partial charge in [-0.05, 0) is 37.5 Å². The van der Waals surface area contributed by atoms with Crippen molar-refractivity contribution in [2.75, 3.05) is 6.54 Å². The molecule has 0 bridgehead atoms. The molecule has 0 aliphatic carbocycles. The average molecular weight is 401 g/mol. The zero-order chi connectivity index (χ0) is 19.7. The lowest BCUT2D eigenvalue weighted by molar-refractivity contribution is -0.126. The summed E-state index contributed by atoms with van der Waals surface area (Å²) in [6.07, 6.45) is 2.29. The normalized spacial score (nSPS) is 20.4. The van der Waals surface area contributed by atoms with Gasteiger partial charge in [-0.1, -0.05) is 30.3 Å². The number of sulfonamides is 1. The fraction of sp³-hybridized carbons (Fsp3) is 0.300. The Labute approximate surface area is 163 Å². The van der Waals surface area contributed by atoms with Crippen molar-refractivity contribution >= 4 is 21.8 Å². The van der Waals surface area contributed by atoms with Crippen molar-refractivity contribution in [1.29, 1.82) is 0 Å². The predicted molar refractivity (Wildman–Crippen MR) is 103 cm³/mol. The maximum Gasteiger partial charge on any atom is 0.285 e. The van der Waals surface area contributed by atoms with Crippen LogP contribution in [0.4, 0.5) is 4.39 Å². The van der Waals surface area contributed by atoms with Gasteiger partial charge in [0.2, 0.25) is 5.91 Å². The number of carbonyl (C=O) groups is 1. The lowest BCUT2D eigenvalue weighted by Gasteiger charge is -2.36. The maximum absolute atomic E-state index is 13.8. The van der Waals surface area contributed by atoms with Crippen LogP contribution in [-0.2, 0) is 21.4 Å². The van der Waals surface area contributed by atoms with Crippen LogP contribution in [0.25, 0.3) is 0 Å². The van der Waals surface area contributed by atoms with Crippen LogP contribution in [0.1, 0.15) is 30.4 Å². The van der Waals surface area contributed by atoms with Gasteiger partial charge in [-0.3, -0.25) is 4.79 Å². The zero-order valence-electron chi connectivity index (χ0n) is 15.1. The lowest BCUT2D eigenvalue weighted by Crippen LogP contribution is -2.51. The van der Waals surface area contributed by atoms with E-state index >= 15 is 0 Å². The van der Waals surface area contributed by atoms with Crippen molar-refractivity contribution < 1.29 is 17.6 Å². The predicted octanol–water partition coefficient (Wildman–Crippen LogP) is 2.45. The van der Waals surface area contributed by atoms with Crippen molar-refractivity contribution in [3.8, 4) is 0 Å². The van der Waals surface area contributed by atoms with E-state index in [1.165, 1.54) is 12.1 Å². The largest absolute Gasteiger partial charge is 0.350 e. The van der Waals surface area contributed by atoms with Crippen molar-refractivity contribution in [3.63, 3.8) is 0 Å². The van der Waals surface area contributed by atoms with Crippen LogP contribution in [0.15, 0.2) is 57.8 Å². The van der Waals surface area contributed by atoms with Crippen LogP contribution in [0.5, 0.6) is 0 Å². The third-order valence-corrected chi connectivity index (χ3v) is 6.43. The average Bonchev–Trinajstić information content (AvgIpc) is 2.98. The van der Waals surface area contributed by atoms with Gasteiger partial charge in [-0.15, -0.1) is 4.40 Å². The van der Waals surface area contributed by atoms with E-state index in [2.05, 4.69) is 9.71 Å². The van der Waals surface area contributed by atoms with Crippen LogP contribution >= 0.6 is 0 Å². The zero-order valence-corrected chi connectivity index (χ0v) is 16.0. The number of carbonyl (C=O) groups excluding carboxylic acids is 1. The summed E-state index contributed by atoms with van der Waals surface area (Å²) in [5.74, 6) is -0.308. The number of hydrogen-bond donors (Lipinski definition) is 1. The molecule has 146 valence electrons. The van der Waals surface area contributed by atoms with E-state index in [4.69, 9.17) is 0 Å². The quantitative estimate of drug-likeness (QED) is 0.857. The molecule has 1 amide bonds. The van der Waals surface area contributed by atoms with Crippen molar-refractivity contribution in [2.24, 2.45) is 4.40 Å². The molecular formula is C20H20FN3O3S. The molecule has 1 atom stereocenters. The minimum Gasteiger partial charge on any atom is -0.350 e. The minimum atomic E-state index is -3.75. The molecule has 0 unspecified atom stereocenters. The Morgan fingerprint density at radius 3 is 2.71 bits per heavy atom. The number of amidine groups is 1. The number of piperidine rings is 1. The monoisotopic (exact) mass is 401 g/mol. The first-order valence-corrected chi connectivity index (χ1v) is 10.6. The topological polar surface area (TPSA) is 78.8 Å². The van der Waals surface area contributed by atoms with Gasteiger partial charge in [0.05, 0.1) is 0 Å². The summed E-state index contributed by atoms with van der Waals surface area (Å²) in [5.41, 5.74) is 0.931. The number of benzene rings is 2. The minimum absolute atomic E-state index is 0.0806. The first-order valence-electron chi connectivity index (χ1n) is 9.19. The number of fused-ring (bicyclic) bond motifs is 1. The molecule has 6 nitrogen and oxygen atoms in total. The Hall–Kier alpha value is -2.74. The highest BCUT2D eigenvalue weighted by atomic mass is 32.2. The Bertz CT molecular complexity index is 1050. The highest BCUT2D eigenvalue weighted by Gasteiger charge is 2.37. The molecule has 1 fully saturated rings. The highest BCUT2D eigenvalue weighted by molar-refractivity contribution is 7.90. The molecule has 1 N–H and O–H groups in total. The first-order chi connectivity index (χ1) is 13.5. The summed E-state index contributed by atoms with van der Waals surface area (Å²) >= 11 is 0. The van der Waals surface area contributed by atoms with Crippen LogP contribution < -0.4 is 5.32 Å². The summed E-state index contributed by atoms with van der Waals surface area (Å²) in [5, 5.41) is 2.78. The Morgan fingerprint density at radius 2 is 1.89 bits per heavy atom. The summed E-state index contributed by atoms with van der Waals surface area (Å²) in [4.78, 5) is 14.8. The summed E-state index contributed by atoms with van der Waals surface area (Å²) in [6.45, 7) is 0.623. The van der Waals surface area contributed by atoms with Crippen LogP contribution in [-0.4, -0.2) is 37.6 Å². The molecule has 0 radical (unpaired) electrons. The van der Waals surface area contributed by atoms with Gasteiger partial charge < -0.3 is 10.2 Å². The van der Waals surface area contributed by atoms with Crippen molar-refractivity contribution in [2.45, 2.75) is 36.7 Å². The van der Waals surface area contributed by atoms with Crippen molar-refractivity contribution in [1.82, 2.24) is 10.2 Å². The van der Waals surface area contributed by atoms with E-state index in [0.29, 0.717) is 29.9 Å². The molecular weight excluding hydrogens is 381 g/mol. The van der Waals surface area contributed by atoms with E-state index in [9.17, 15) is 17.6 Å². The van der Waals surface area contributed by atoms with Gasteiger partial charge in [0.15, 0.2) is 5.84 Å². The van der Waals surface area contributed by atoms with Gasteiger partial charge >= 0.3 is 0 Å².